The molecule has 41 heavy (non-hydrogen) atoms. The topological polar surface area (TPSA) is 103 Å². The van der Waals surface area contributed by atoms with E-state index < -0.39 is 10.0 Å². The highest BCUT2D eigenvalue weighted by Gasteiger charge is 2.46. The summed E-state index contributed by atoms with van der Waals surface area (Å²) >= 11 is 6.43. The number of methoxy groups -OCH3 is 1. The molecule has 2 atom stereocenters. The molecule has 2 unspecified atom stereocenters. The van der Waals surface area contributed by atoms with Crippen LogP contribution in [0.4, 0.5) is 5.69 Å². The lowest BCUT2D eigenvalue weighted by atomic mass is 10.0. The van der Waals surface area contributed by atoms with Gasteiger partial charge in [0.1, 0.15) is 5.75 Å². The third-order valence-corrected chi connectivity index (χ3v) is 9.65. The lowest BCUT2D eigenvalue weighted by Crippen LogP contribution is -2.40. The van der Waals surface area contributed by atoms with Crippen LogP contribution in [-0.2, 0) is 19.6 Å². The maximum atomic E-state index is 13.2. The number of morpholine rings is 1. The maximum Gasteiger partial charge on any atom is 0.243 e. The van der Waals surface area contributed by atoms with E-state index in [1.54, 1.807) is 19.2 Å². The smallest absolute Gasteiger partial charge is 0.243 e. The third kappa shape index (κ3) is 5.60. The summed E-state index contributed by atoms with van der Waals surface area (Å²) in [6.45, 7) is 1.42. The molecule has 6 rings (SSSR count). The molecule has 2 aliphatic rings. The second kappa shape index (κ2) is 11.3. The molecule has 212 valence electrons. The van der Waals surface area contributed by atoms with Gasteiger partial charge in [0.25, 0.3) is 0 Å². The van der Waals surface area contributed by atoms with Crippen molar-refractivity contribution in [3.63, 3.8) is 0 Å². The monoisotopic (exact) mass is 592 g/mol. The number of nitrogens with zero attached hydrogens (tertiary/aromatic N) is 3. The van der Waals surface area contributed by atoms with Crippen LogP contribution in [0.15, 0.2) is 83.9 Å². The van der Waals surface area contributed by atoms with Gasteiger partial charge in [-0.15, -0.1) is 0 Å². The number of carbonyl (C=O) groups is 1. The number of benzene rings is 3. The summed E-state index contributed by atoms with van der Waals surface area (Å²) in [6.07, 6.45) is 2.65. The average Bonchev–Trinajstić information content (AvgIpc) is 3.68. The lowest BCUT2D eigenvalue weighted by molar-refractivity contribution is -0.117. The minimum absolute atomic E-state index is 0.0238. The van der Waals surface area contributed by atoms with Crippen LogP contribution in [0.25, 0.3) is 16.9 Å². The first-order valence-electron chi connectivity index (χ1n) is 13.3. The number of hydrogen-bond donors (Lipinski definition) is 1. The van der Waals surface area contributed by atoms with Crippen LogP contribution in [0.5, 0.6) is 5.75 Å². The Labute approximate surface area is 243 Å². The molecule has 2 fully saturated rings. The van der Waals surface area contributed by atoms with Gasteiger partial charge in [-0.05, 0) is 61.0 Å². The van der Waals surface area contributed by atoms with E-state index in [2.05, 4.69) is 5.32 Å². The van der Waals surface area contributed by atoms with Gasteiger partial charge < -0.3 is 14.8 Å². The van der Waals surface area contributed by atoms with Gasteiger partial charge in [-0.2, -0.15) is 9.40 Å². The summed E-state index contributed by atoms with van der Waals surface area (Å²) in [5.41, 5.74) is 4.01. The van der Waals surface area contributed by atoms with Crippen molar-refractivity contribution in [2.24, 2.45) is 5.92 Å². The summed E-state index contributed by atoms with van der Waals surface area (Å²) in [5.74, 6) is 0.189. The van der Waals surface area contributed by atoms with Gasteiger partial charge in [0.05, 0.1) is 41.6 Å². The number of ether oxygens (including phenoxy) is 2. The molecule has 11 heteroatoms. The molecule has 2 heterocycles. The Kier molecular flexibility index (Phi) is 7.56. The molecule has 0 spiro atoms. The molecule has 1 aliphatic carbocycles. The number of amides is 1. The number of sulfonamides is 1. The molecule has 9 nitrogen and oxygen atoms in total. The molecular weight excluding hydrogens is 564 g/mol. The van der Waals surface area contributed by atoms with Gasteiger partial charge >= 0.3 is 0 Å². The zero-order valence-corrected chi connectivity index (χ0v) is 23.9. The highest BCUT2D eigenvalue weighted by atomic mass is 35.5. The summed E-state index contributed by atoms with van der Waals surface area (Å²) in [4.78, 5) is 13.4. The number of hydrogen-bond acceptors (Lipinski definition) is 6. The van der Waals surface area contributed by atoms with Crippen molar-refractivity contribution in [1.29, 1.82) is 0 Å². The molecule has 1 saturated carbocycles. The zero-order valence-electron chi connectivity index (χ0n) is 22.4. The van der Waals surface area contributed by atoms with E-state index in [4.69, 9.17) is 26.2 Å². The number of halogens is 1. The van der Waals surface area contributed by atoms with E-state index in [1.165, 1.54) is 16.4 Å². The van der Waals surface area contributed by atoms with Crippen LogP contribution in [0.3, 0.4) is 0 Å². The Morgan fingerprint density at radius 1 is 1.05 bits per heavy atom. The van der Waals surface area contributed by atoms with Crippen molar-refractivity contribution in [3.05, 3.63) is 89.6 Å². The van der Waals surface area contributed by atoms with Gasteiger partial charge in [0, 0.05) is 47.9 Å². The Morgan fingerprint density at radius 3 is 2.46 bits per heavy atom. The molecule has 1 aromatic heterocycles. The zero-order chi connectivity index (χ0) is 28.6. The summed E-state index contributed by atoms with van der Waals surface area (Å²) in [6, 6.07) is 21.6. The fourth-order valence-electron chi connectivity index (χ4n) is 5.12. The van der Waals surface area contributed by atoms with Gasteiger partial charge in [-0.3, -0.25) is 4.79 Å². The summed E-state index contributed by atoms with van der Waals surface area (Å²) in [5, 5.41) is 8.31. The predicted octanol–water partition coefficient (Wildman–Crippen LogP) is 4.96. The third-order valence-electron chi connectivity index (χ3n) is 7.44. The first kappa shape index (κ1) is 27.5. The fourth-order valence-corrected chi connectivity index (χ4v) is 6.79. The van der Waals surface area contributed by atoms with Gasteiger partial charge in [0.2, 0.25) is 15.9 Å². The minimum atomic E-state index is -3.60. The van der Waals surface area contributed by atoms with Crippen molar-refractivity contribution >= 4 is 33.2 Å². The molecule has 1 saturated heterocycles. The Hall–Kier alpha value is -3.70. The number of rotatable bonds is 8. The van der Waals surface area contributed by atoms with Crippen molar-refractivity contribution in [3.8, 4) is 22.7 Å². The van der Waals surface area contributed by atoms with Crippen LogP contribution in [0, 0.1) is 5.92 Å². The van der Waals surface area contributed by atoms with Crippen LogP contribution < -0.4 is 10.1 Å². The van der Waals surface area contributed by atoms with Gasteiger partial charge in [-0.25, -0.2) is 13.1 Å². The molecule has 3 aromatic carbocycles. The normalized spacial score (nSPS) is 19.1. The van der Waals surface area contributed by atoms with Crippen LogP contribution in [0.2, 0.25) is 5.02 Å². The second-order valence-electron chi connectivity index (χ2n) is 10.0. The Bertz CT molecular complexity index is 1670. The number of para-hydroxylation sites is 1. The van der Waals surface area contributed by atoms with Crippen LogP contribution in [-0.4, -0.2) is 61.8 Å². The standard InChI is InChI=1S/C30H29ClN4O5S/c1-39-28-12-7-20(17-27(28)31)29-26(19-35(33-29)22-5-3-2-4-6-22)24-18-25(24)30(36)32-21-8-10-23(11-9-21)41(37,38)34-13-15-40-16-14-34/h2-12,17,19,24-25H,13-16,18H2,1H3,(H,32,36). The SMILES string of the molecule is COc1ccc(-c2nn(-c3ccccc3)cc2C2CC2C(=O)Nc2ccc(S(=O)(=O)N3CCOCC3)cc2)cc1Cl. The first-order chi connectivity index (χ1) is 19.8. The summed E-state index contributed by atoms with van der Waals surface area (Å²) < 4.78 is 39.6. The van der Waals surface area contributed by atoms with E-state index in [1.807, 2.05) is 59.4 Å². The number of nitrogens with one attached hydrogen (secondary N) is 1. The molecule has 1 N–H and O–H groups in total. The van der Waals surface area contributed by atoms with Crippen molar-refractivity contribution < 1.29 is 22.7 Å². The molecule has 0 radical (unpaired) electrons. The number of anilines is 1. The average molecular weight is 593 g/mol. The van der Waals surface area contributed by atoms with Crippen molar-refractivity contribution in [2.45, 2.75) is 17.2 Å². The van der Waals surface area contributed by atoms with E-state index in [0.29, 0.717) is 49.2 Å². The number of carbonyl (C=O) groups excluding carboxylic acids is 1. The second-order valence-corrected chi connectivity index (χ2v) is 12.4. The van der Waals surface area contributed by atoms with Crippen molar-refractivity contribution in [2.75, 3.05) is 38.7 Å². The van der Waals surface area contributed by atoms with Crippen LogP contribution in [0.1, 0.15) is 17.9 Å². The van der Waals surface area contributed by atoms with E-state index in [0.717, 1.165) is 22.5 Å². The lowest BCUT2D eigenvalue weighted by Gasteiger charge is -2.26. The molecule has 0 bridgehead atoms. The maximum absolute atomic E-state index is 13.2. The van der Waals surface area contributed by atoms with Gasteiger partial charge in [-0.1, -0.05) is 29.8 Å². The highest BCUT2D eigenvalue weighted by molar-refractivity contribution is 7.89. The molecule has 1 amide bonds. The fraction of sp³-hybridized carbons (Fsp3) is 0.267. The van der Waals surface area contributed by atoms with E-state index in [-0.39, 0.29) is 22.6 Å². The largest absolute Gasteiger partial charge is 0.495 e. The highest BCUT2D eigenvalue weighted by Crippen LogP contribution is 2.51. The molecule has 1 aliphatic heterocycles. The predicted molar refractivity (Wildman–Crippen MR) is 156 cm³/mol. The van der Waals surface area contributed by atoms with E-state index in [9.17, 15) is 13.2 Å². The van der Waals surface area contributed by atoms with Crippen LogP contribution >= 0.6 is 11.6 Å². The van der Waals surface area contributed by atoms with Crippen molar-refractivity contribution in [1.82, 2.24) is 14.1 Å². The Morgan fingerprint density at radius 2 is 1.78 bits per heavy atom. The Balaban J connectivity index is 1.21. The number of aromatic nitrogens is 2. The summed E-state index contributed by atoms with van der Waals surface area (Å²) in [7, 11) is -2.03. The molecular formula is C30H29ClN4O5S. The van der Waals surface area contributed by atoms with E-state index >= 15 is 0 Å². The minimum Gasteiger partial charge on any atom is -0.495 e. The first-order valence-corrected chi connectivity index (χ1v) is 15.1. The molecule has 4 aromatic rings. The van der Waals surface area contributed by atoms with Gasteiger partial charge in [0.15, 0.2) is 0 Å². The quantitative estimate of drug-likeness (QED) is 0.310.